The summed E-state index contributed by atoms with van der Waals surface area (Å²) in [7, 11) is 0. The van der Waals surface area contributed by atoms with E-state index in [0.29, 0.717) is 6.61 Å². The second-order valence-corrected chi connectivity index (χ2v) is 3.57. The van der Waals surface area contributed by atoms with Gasteiger partial charge in [0.25, 0.3) is 0 Å². The molecule has 0 spiro atoms. The Balaban J connectivity index is 2.22. The molecule has 0 aliphatic rings. The van der Waals surface area contributed by atoms with Crippen molar-refractivity contribution < 1.29 is 4.84 Å². The molecule has 0 amide bonds. The molecule has 0 saturated carbocycles. The van der Waals surface area contributed by atoms with Gasteiger partial charge in [0.1, 0.15) is 0 Å². The molecule has 0 radical (unpaired) electrons. The van der Waals surface area contributed by atoms with Gasteiger partial charge in [-0.05, 0) is 31.0 Å². The first-order valence-electron chi connectivity index (χ1n) is 5.09. The smallest absolute Gasteiger partial charge is 0.0859 e. The predicted molar refractivity (Wildman–Crippen MR) is 59.9 cm³/mol. The van der Waals surface area contributed by atoms with E-state index in [1.165, 1.54) is 0 Å². The molecule has 0 atom stereocenters. The van der Waals surface area contributed by atoms with E-state index in [1.807, 2.05) is 31.2 Å². The van der Waals surface area contributed by atoms with Gasteiger partial charge in [-0.3, -0.25) is 0 Å². The highest BCUT2D eigenvalue weighted by Gasteiger charge is 2.01. The van der Waals surface area contributed by atoms with E-state index in [1.54, 1.807) is 11.0 Å². The van der Waals surface area contributed by atoms with Crippen LogP contribution in [-0.2, 0) is 11.3 Å². The lowest BCUT2D eigenvalue weighted by molar-refractivity contribution is 0.141. The Hall–Kier alpha value is -1.72. The Morgan fingerprint density at radius 2 is 2.31 bits per heavy atom. The van der Waals surface area contributed by atoms with E-state index in [0.717, 1.165) is 23.4 Å². The predicted octanol–water partition coefficient (Wildman–Crippen LogP) is 1.01. The third kappa shape index (κ3) is 2.44. The van der Waals surface area contributed by atoms with Crippen molar-refractivity contribution in [2.24, 2.45) is 5.90 Å². The highest BCUT2D eigenvalue weighted by atomic mass is 16.6. The van der Waals surface area contributed by atoms with Crippen molar-refractivity contribution in [3.05, 3.63) is 41.7 Å². The van der Waals surface area contributed by atoms with Crippen LogP contribution >= 0.6 is 0 Å². The minimum Gasteiger partial charge on any atom is -0.304 e. The molecular formula is C11H14N4O. The van der Waals surface area contributed by atoms with Gasteiger partial charge in [0.05, 0.1) is 24.2 Å². The van der Waals surface area contributed by atoms with Crippen LogP contribution in [0.3, 0.4) is 0 Å². The summed E-state index contributed by atoms with van der Waals surface area (Å²) in [4.78, 5) is 6.17. The molecule has 0 saturated heterocycles. The fourth-order valence-electron chi connectivity index (χ4n) is 1.48. The SMILES string of the molecule is Cc1cnn(-c2cccc(CCON)c2)n1. The van der Waals surface area contributed by atoms with Crippen LogP contribution in [0.2, 0.25) is 0 Å². The monoisotopic (exact) mass is 218 g/mol. The maximum atomic E-state index is 5.00. The van der Waals surface area contributed by atoms with Gasteiger partial charge >= 0.3 is 0 Å². The van der Waals surface area contributed by atoms with E-state index in [-0.39, 0.29) is 0 Å². The van der Waals surface area contributed by atoms with Gasteiger partial charge in [0.2, 0.25) is 0 Å². The average Bonchev–Trinajstić information content (AvgIpc) is 2.74. The molecule has 1 heterocycles. The van der Waals surface area contributed by atoms with Crippen LogP contribution in [-0.4, -0.2) is 21.6 Å². The summed E-state index contributed by atoms with van der Waals surface area (Å²) < 4.78 is 0. The molecule has 2 rings (SSSR count). The summed E-state index contributed by atoms with van der Waals surface area (Å²) in [6.07, 6.45) is 2.51. The minimum atomic E-state index is 0.509. The van der Waals surface area contributed by atoms with Crippen LogP contribution in [0.4, 0.5) is 0 Å². The summed E-state index contributed by atoms with van der Waals surface area (Å²) in [6, 6.07) is 7.99. The molecule has 0 bridgehead atoms. The number of hydrogen-bond donors (Lipinski definition) is 1. The number of nitrogens with zero attached hydrogens (tertiary/aromatic N) is 3. The quantitative estimate of drug-likeness (QED) is 0.778. The van der Waals surface area contributed by atoms with Gasteiger partial charge in [-0.15, -0.1) is 0 Å². The van der Waals surface area contributed by atoms with Gasteiger partial charge in [-0.1, -0.05) is 12.1 Å². The van der Waals surface area contributed by atoms with Crippen LogP contribution in [0, 0.1) is 6.92 Å². The number of aryl methyl sites for hydroxylation is 1. The Bertz CT molecular complexity index is 467. The maximum absolute atomic E-state index is 5.00. The standard InChI is InChI=1S/C11H14N4O/c1-9-8-13-15(14-9)11-4-2-3-10(7-11)5-6-16-12/h2-4,7-8H,5-6,12H2,1H3. The van der Waals surface area contributed by atoms with Crippen molar-refractivity contribution in [1.82, 2.24) is 15.0 Å². The highest BCUT2D eigenvalue weighted by molar-refractivity contribution is 5.34. The summed E-state index contributed by atoms with van der Waals surface area (Å²) in [6.45, 7) is 2.42. The average molecular weight is 218 g/mol. The van der Waals surface area contributed by atoms with Gasteiger partial charge in [-0.25, -0.2) is 5.90 Å². The van der Waals surface area contributed by atoms with Crippen molar-refractivity contribution in [3.63, 3.8) is 0 Å². The third-order valence-corrected chi connectivity index (χ3v) is 2.26. The molecule has 0 unspecified atom stereocenters. The molecule has 2 aromatic rings. The van der Waals surface area contributed by atoms with Gasteiger partial charge < -0.3 is 4.84 Å². The molecular weight excluding hydrogens is 204 g/mol. The van der Waals surface area contributed by atoms with Crippen LogP contribution < -0.4 is 5.90 Å². The molecule has 0 aliphatic carbocycles. The molecule has 0 aliphatic heterocycles. The summed E-state index contributed by atoms with van der Waals surface area (Å²) >= 11 is 0. The molecule has 1 aromatic carbocycles. The minimum absolute atomic E-state index is 0.509. The number of benzene rings is 1. The molecule has 0 fully saturated rings. The molecule has 1 aromatic heterocycles. The Morgan fingerprint density at radius 3 is 3.00 bits per heavy atom. The van der Waals surface area contributed by atoms with E-state index in [9.17, 15) is 0 Å². The maximum Gasteiger partial charge on any atom is 0.0859 e. The first-order valence-corrected chi connectivity index (χ1v) is 5.09. The van der Waals surface area contributed by atoms with E-state index in [2.05, 4.69) is 15.0 Å². The third-order valence-electron chi connectivity index (χ3n) is 2.26. The normalized spacial score (nSPS) is 10.6. The van der Waals surface area contributed by atoms with E-state index >= 15 is 0 Å². The van der Waals surface area contributed by atoms with Crippen molar-refractivity contribution >= 4 is 0 Å². The van der Waals surface area contributed by atoms with Gasteiger partial charge in [0.15, 0.2) is 0 Å². The van der Waals surface area contributed by atoms with Crippen LogP contribution in [0.5, 0.6) is 0 Å². The number of nitrogens with two attached hydrogens (primary N) is 1. The summed E-state index contributed by atoms with van der Waals surface area (Å²) in [5, 5.41) is 8.41. The van der Waals surface area contributed by atoms with Crippen LogP contribution in [0.25, 0.3) is 5.69 Å². The molecule has 84 valence electrons. The zero-order chi connectivity index (χ0) is 11.4. The molecule has 2 N–H and O–H groups in total. The Labute approximate surface area is 93.8 Å². The largest absolute Gasteiger partial charge is 0.304 e. The number of hydrogen-bond acceptors (Lipinski definition) is 4. The lowest BCUT2D eigenvalue weighted by atomic mass is 10.1. The zero-order valence-electron chi connectivity index (χ0n) is 9.13. The van der Waals surface area contributed by atoms with Crippen molar-refractivity contribution in [2.75, 3.05) is 6.61 Å². The summed E-state index contributed by atoms with van der Waals surface area (Å²) in [5.41, 5.74) is 3.00. The zero-order valence-corrected chi connectivity index (χ0v) is 9.13. The Kier molecular flexibility index (Phi) is 3.28. The van der Waals surface area contributed by atoms with Gasteiger partial charge in [0, 0.05) is 0 Å². The molecule has 5 nitrogen and oxygen atoms in total. The first kappa shape index (κ1) is 10.8. The molecule has 16 heavy (non-hydrogen) atoms. The number of aromatic nitrogens is 3. The summed E-state index contributed by atoms with van der Waals surface area (Å²) in [5.74, 6) is 5.00. The van der Waals surface area contributed by atoms with E-state index < -0.39 is 0 Å². The Morgan fingerprint density at radius 1 is 1.44 bits per heavy atom. The second kappa shape index (κ2) is 4.87. The number of rotatable bonds is 4. The van der Waals surface area contributed by atoms with Gasteiger partial charge in [-0.2, -0.15) is 15.0 Å². The lowest BCUT2D eigenvalue weighted by Crippen LogP contribution is -2.05. The highest BCUT2D eigenvalue weighted by Crippen LogP contribution is 2.09. The second-order valence-electron chi connectivity index (χ2n) is 3.57. The topological polar surface area (TPSA) is 66.0 Å². The van der Waals surface area contributed by atoms with Crippen molar-refractivity contribution in [1.29, 1.82) is 0 Å². The molecule has 5 heteroatoms. The lowest BCUT2D eigenvalue weighted by Gasteiger charge is -2.03. The fraction of sp³-hybridized carbons (Fsp3) is 0.273. The first-order chi connectivity index (χ1) is 7.79. The van der Waals surface area contributed by atoms with Crippen LogP contribution in [0.15, 0.2) is 30.5 Å². The fourth-order valence-corrected chi connectivity index (χ4v) is 1.48. The van der Waals surface area contributed by atoms with Crippen molar-refractivity contribution in [2.45, 2.75) is 13.3 Å². The van der Waals surface area contributed by atoms with E-state index in [4.69, 9.17) is 5.90 Å². The van der Waals surface area contributed by atoms with Crippen molar-refractivity contribution in [3.8, 4) is 5.69 Å². The van der Waals surface area contributed by atoms with Crippen LogP contribution in [0.1, 0.15) is 11.3 Å².